The van der Waals surface area contributed by atoms with Gasteiger partial charge in [0.15, 0.2) is 0 Å². The number of halogens is 1. The van der Waals surface area contributed by atoms with Crippen LogP contribution in [0.25, 0.3) is 0 Å². The molecule has 210 valence electrons. The van der Waals surface area contributed by atoms with Crippen LogP contribution in [0.3, 0.4) is 0 Å². The van der Waals surface area contributed by atoms with Crippen LogP contribution in [0.1, 0.15) is 18.2 Å². The van der Waals surface area contributed by atoms with Gasteiger partial charge in [0, 0.05) is 35.6 Å². The lowest BCUT2D eigenvalue weighted by Gasteiger charge is -2.19. The van der Waals surface area contributed by atoms with Crippen LogP contribution >= 0.6 is 11.6 Å². The summed E-state index contributed by atoms with van der Waals surface area (Å²) in [7, 11) is 0. The van der Waals surface area contributed by atoms with Crippen molar-refractivity contribution in [1.82, 2.24) is 18.8 Å². The molecule has 0 radical (unpaired) electrons. The summed E-state index contributed by atoms with van der Waals surface area (Å²) in [6.07, 6.45) is 2.79. The normalized spacial score (nSPS) is 12.2. The third-order valence-electron chi connectivity index (χ3n) is 5.89. The number of pyridine rings is 1. The second kappa shape index (κ2) is 13.2. The Kier molecular flexibility index (Phi) is 9.46. The van der Waals surface area contributed by atoms with E-state index in [2.05, 4.69) is 15.0 Å². The average Bonchev–Trinajstić information content (AvgIpc) is 2.94. The van der Waals surface area contributed by atoms with Crippen molar-refractivity contribution in [3.8, 4) is 17.6 Å². The zero-order valence-corrected chi connectivity index (χ0v) is 23.6. The van der Waals surface area contributed by atoms with E-state index < -0.39 is 34.4 Å². The van der Waals surface area contributed by atoms with Crippen molar-refractivity contribution in [1.29, 1.82) is 5.26 Å². The molecule has 0 fully saturated rings. The number of benzene rings is 2. The van der Waals surface area contributed by atoms with E-state index in [-0.39, 0.29) is 24.6 Å². The number of anilines is 2. The molecule has 0 aliphatic rings. The van der Waals surface area contributed by atoms with Gasteiger partial charge in [0.25, 0.3) is 11.5 Å². The van der Waals surface area contributed by atoms with Crippen LogP contribution in [0.15, 0.2) is 82.5 Å². The molecule has 0 aliphatic heterocycles. The number of nitrogens with one attached hydrogen (secondary N) is 2. The Bertz CT molecular complexity index is 1700. The van der Waals surface area contributed by atoms with Crippen LogP contribution < -0.4 is 26.0 Å². The van der Waals surface area contributed by atoms with Gasteiger partial charge in [-0.2, -0.15) is 9.98 Å². The van der Waals surface area contributed by atoms with Crippen molar-refractivity contribution in [3.05, 3.63) is 110 Å². The third-order valence-corrected chi connectivity index (χ3v) is 6.63. The monoisotopic (exact) mass is 592 g/mol. The lowest BCUT2D eigenvalue weighted by Crippen LogP contribution is -2.44. The molecule has 2 aromatic carbocycles. The van der Waals surface area contributed by atoms with Crippen molar-refractivity contribution in [3.63, 3.8) is 0 Å². The first-order valence-corrected chi connectivity index (χ1v) is 14.2. The highest BCUT2D eigenvalue weighted by Crippen LogP contribution is 2.24. The Hall–Kier alpha value is -4.57. The molecule has 1 unspecified atom stereocenters. The van der Waals surface area contributed by atoms with Crippen LogP contribution in [-0.2, 0) is 29.2 Å². The van der Waals surface area contributed by atoms with Crippen molar-refractivity contribution < 1.29 is 14.1 Å². The number of rotatable bonds is 10. The van der Waals surface area contributed by atoms with Crippen LogP contribution in [0, 0.1) is 17.2 Å². The maximum absolute atomic E-state index is 13.6. The van der Waals surface area contributed by atoms with E-state index >= 15 is 0 Å². The largest absolute Gasteiger partial charge is 0.593 e. The van der Waals surface area contributed by atoms with Gasteiger partial charge in [-0.1, -0.05) is 30.7 Å². The van der Waals surface area contributed by atoms with E-state index in [1.165, 1.54) is 29.2 Å². The Labute approximate surface area is 243 Å². The van der Waals surface area contributed by atoms with Crippen molar-refractivity contribution >= 4 is 40.4 Å². The zero-order valence-electron chi connectivity index (χ0n) is 22.0. The van der Waals surface area contributed by atoms with Crippen LogP contribution in [0.2, 0.25) is 5.02 Å². The summed E-state index contributed by atoms with van der Waals surface area (Å²) >= 11 is 4.44. The zero-order chi connectivity index (χ0) is 29.5. The quantitative estimate of drug-likeness (QED) is 0.265. The van der Waals surface area contributed by atoms with Crippen molar-refractivity contribution in [2.75, 3.05) is 11.6 Å². The first kappa shape index (κ1) is 29.4. The van der Waals surface area contributed by atoms with Crippen LogP contribution in [0.5, 0.6) is 11.5 Å². The molecule has 0 saturated carbocycles. The topological polar surface area (TPSA) is 154 Å². The van der Waals surface area contributed by atoms with Gasteiger partial charge in [-0.05, 0) is 48.0 Å². The van der Waals surface area contributed by atoms with Gasteiger partial charge >= 0.3 is 5.69 Å². The molecule has 2 atom stereocenters. The lowest BCUT2D eigenvalue weighted by atomic mass is 10.1. The number of carbonyl (C=O) groups is 1. The predicted octanol–water partition coefficient (Wildman–Crippen LogP) is 3.56. The molecule has 1 amide bonds. The number of ether oxygens (including phenoxy) is 1. The molecule has 11 nitrogen and oxygen atoms in total. The summed E-state index contributed by atoms with van der Waals surface area (Å²) in [4.78, 5) is 42.8. The van der Waals surface area contributed by atoms with Gasteiger partial charge in [-0.15, -0.1) is 0 Å². The number of hydrogen-bond donors (Lipinski definition) is 2. The standard InChI is InChI=1S/C28H25ClN6O5S/c1-18(27(37)33-41(2)39)16-35-26(36)14-25(34(28(35)38)17-19-3-5-20(29)6-4-19)32-21-7-9-23(10-8-21)40-24-11-12-31-22(13-24)15-30/h3-14,18,32H,16-17H2,1-2H3,(H,33,37)/t18-,41?/m0/s1. The van der Waals surface area contributed by atoms with E-state index in [1.807, 2.05) is 6.07 Å². The van der Waals surface area contributed by atoms with Gasteiger partial charge in [-0.25, -0.2) is 9.78 Å². The summed E-state index contributed by atoms with van der Waals surface area (Å²) in [5.41, 5.74) is 0.329. The van der Waals surface area contributed by atoms with Gasteiger partial charge in [0.05, 0.1) is 23.8 Å². The molecule has 4 aromatic rings. The summed E-state index contributed by atoms with van der Waals surface area (Å²) < 4.78 is 21.8. The molecule has 2 aromatic heterocycles. The fourth-order valence-corrected chi connectivity index (χ4v) is 4.45. The minimum absolute atomic E-state index is 0.114. The fraction of sp³-hybridized carbons (Fsp3) is 0.179. The van der Waals surface area contributed by atoms with Crippen molar-refractivity contribution in [2.24, 2.45) is 5.92 Å². The van der Waals surface area contributed by atoms with Gasteiger partial charge in [-0.3, -0.25) is 18.7 Å². The van der Waals surface area contributed by atoms with E-state index in [0.29, 0.717) is 22.2 Å². The molecule has 4 rings (SSSR count). The minimum Gasteiger partial charge on any atom is -0.593 e. The number of aromatic nitrogens is 3. The van der Waals surface area contributed by atoms with Gasteiger partial charge in [0.2, 0.25) is 0 Å². The molecule has 0 spiro atoms. The van der Waals surface area contributed by atoms with E-state index in [1.54, 1.807) is 61.5 Å². The molecule has 41 heavy (non-hydrogen) atoms. The number of nitriles is 1. The Morgan fingerprint density at radius 1 is 1.10 bits per heavy atom. The maximum atomic E-state index is 13.6. The van der Waals surface area contributed by atoms with Crippen molar-refractivity contribution in [2.45, 2.75) is 20.0 Å². The van der Waals surface area contributed by atoms with Crippen LogP contribution in [-0.4, -0.2) is 30.8 Å². The Morgan fingerprint density at radius 2 is 1.80 bits per heavy atom. The number of nitrogens with zero attached hydrogens (tertiary/aromatic N) is 4. The first-order valence-electron chi connectivity index (χ1n) is 12.3. The summed E-state index contributed by atoms with van der Waals surface area (Å²) in [5.74, 6) is -0.143. The highest BCUT2D eigenvalue weighted by Gasteiger charge is 2.21. The molecule has 2 N–H and O–H groups in total. The first-order chi connectivity index (χ1) is 19.6. The average molecular weight is 593 g/mol. The molecule has 0 saturated heterocycles. The SMILES string of the molecule is C[C@@H](Cn1c(=O)cc(Nc2ccc(Oc3ccnc(C#N)c3)cc2)n(Cc2ccc(Cl)cc2)c1=O)C(=O)N[S+](C)[O-]. The highest BCUT2D eigenvalue weighted by atomic mass is 35.5. The molecule has 13 heteroatoms. The lowest BCUT2D eigenvalue weighted by molar-refractivity contribution is -0.123. The second-order valence-electron chi connectivity index (χ2n) is 9.04. The second-order valence-corrected chi connectivity index (χ2v) is 10.6. The summed E-state index contributed by atoms with van der Waals surface area (Å²) in [5, 5.41) is 12.7. The predicted molar refractivity (Wildman–Crippen MR) is 156 cm³/mol. The van der Waals surface area contributed by atoms with E-state index in [9.17, 15) is 18.9 Å². The Morgan fingerprint density at radius 3 is 2.46 bits per heavy atom. The third kappa shape index (κ3) is 7.76. The Balaban J connectivity index is 1.63. The van der Waals surface area contributed by atoms with E-state index in [4.69, 9.17) is 21.6 Å². The number of amides is 1. The van der Waals surface area contributed by atoms with Gasteiger partial charge < -0.3 is 14.6 Å². The smallest absolute Gasteiger partial charge is 0.332 e. The molecular weight excluding hydrogens is 568 g/mol. The number of carbonyl (C=O) groups excluding carboxylic acids is 1. The highest BCUT2D eigenvalue weighted by molar-refractivity contribution is 7.89. The summed E-state index contributed by atoms with van der Waals surface area (Å²) in [6, 6.07) is 20.1. The van der Waals surface area contributed by atoms with Crippen LogP contribution in [0.4, 0.5) is 11.5 Å². The minimum atomic E-state index is -1.57. The number of hydrogen-bond acceptors (Lipinski definition) is 8. The molecule has 0 aliphatic carbocycles. The maximum Gasteiger partial charge on any atom is 0.332 e. The fourth-order valence-electron chi connectivity index (χ4n) is 3.84. The summed E-state index contributed by atoms with van der Waals surface area (Å²) in [6.45, 7) is 1.46. The molecular formula is C28H25ClN6O5S. The van der Waals surface area contributed by atoms with E-state index in [0.717, 1.165) is 10.1 Å². The molecule has 2 heterocycles. The van der Waals surface area contributed by atoms with Gasteiger partial charge in [0.1, 0.15) is 35.3 Å². The molecule has 0 bridgehead atoms.